The first kappa shape index (κ1) is 16.9. The molecule has 2 saturated carbocycles. The smallest absolute Gasteiger partial charge is 0.123 e. The van der Waals surface area contributed by atoms with Crippen LogP contribution in [-0.2, 0) is 0 Å². The van der Waals surface area contributed by atoms with Gasteiger partial charge in [-0.25, -0.2) is 4.39 Å². The number of benzene rings is 2. The molecule has 0 amide bonds. The summed E-state index contributed by atoms with van der Waals surface area (Å²) in [6.07, 6.45) is 4.36. The number of rotatable bonds is 5. The molecule has 1 N–H and O–H groups in total. The maximum absolute atomic E-state index is 13.5. The van der Waals surface area contributed by atoms with Crippen LogP contribution in [0.25, 0.3) is 0 Å². The predicted octanol–water partition coefficient (Wildman–Crippen LogP) is 5.54. The van der Waals surface area contributed by atoms with E-state index in [0.717, 1.165) is 37.9 Å². The molecule has 0 saturated heterocycles. The Labute approximate surface area is 152 Å². The minimum atomic E-state index is -0.608. The van der Waals surface area contributed by atoms with Gasteiger partial charge in [0.05, 0.1) is 12.7 Å². The van der Waals surface area contributed by atoms with Crippen molar-refractivity contribution in [1.29, 1.82) is 0 Å². The van der Waals surface area contributed by atoms with Crippen molar-refractivity contribution in [2.75, 3.05) is 6.61 Å². The zero-order chi connectivity index (χ0) is 17.5. The summed E-state index contributed by atoms with van der Waals surface area (Å²) in [6.45, 7) is 0.659. The lowest BCUT2D eigenvalue weighted by molar-refractivity contribution is 0.0294. The molecule has 2 aliphatic carbocycles. The molecule has 2 aliphatic rings. The first-order valence-corrected chi connectivity index (χ1v) is 9.20. The van der Waals surface area contributed by atoms with E-state index in [-0.39, 0.29) is 16.6 Å². The summed E-state index contributed by atoms with van der Waals surface area (Å²) in [5.41, 5.74) is 0.668. The Morgan fingerprint density at radius 2 is 1.80 bits per heavy atom. The van der Waals surface area contributed by atoms with Crippen LogP contribution in [0.1, 0.15) is 43.8 Å². The highest BCUT2D eigenvalue weighted by atomic mass is 35.5. The van der Waals surface area contributed by atoms with Crippen molar-refractivity contribution in [2.24, 2.45) is 10.8 Å². The van der Waals surface area contributed by atoms with Gasteiger partial charge in [0.1, 0.15) is 11.6 Å². The van der Waals surface area contributed by atoms with E-state index in [1.807, 2.05) is 30.3 Å². The number of halogens is 2. The Kier molecular flexibility index (Phi) is 4.25. The summed E-state index contributed by atoms with van der Waals surface area (Å²) in [4.78, 5) is 0. The second kappa shape index (κ2) is 6.30. The molecule has 2 bridgehead atoms. The van der Waals surface area contributed by atoms with Crippen molar-refractivity contribution in [2.45, 2.75) is 38.2 Å². The van der Waals surface area contributed by atoms with Crippen LogP contribution in [0.15, 0.2) is 48.5 Å². The first-order chi connectivity index (χ1) is 12.0. The van der Waals surface area contributed by atoms with E-state index in [1.54, 1.807) is 6.07 Å². The molecule has 0 heterocycles. The zero-order valence-corrected chi connectivity index (χ0v) is 14.8. The third kappa shape index (κ3) is 3.16. The number of ether oxygens (including phenoxy) is 1. The molecule has 2 aromatic carbocycles. The third-order valence-electron chi connectivity index (χ3n) is 6.14. The number of hydrogen-bond acceptors (Lipinski definition) is 2. The Hall–Kier alpha value is -1.58. The fourth-order valence-electron chi connectivity index (χ4n) is 4.74. The number of aliphatic hydroxyl groups is 1. The minimum absolute atomic E-state index is 0.119. The lowest BCUT2D eigenvalue weighted by Gasteiger charge is -2.32. The maximum Gasteiger partial charge on any atom is 0.123 e. The largest absolute Gasteiger partial charge is 0.493 e. The number of fused-ring (bicyclic) bond motifs is 2. The summed E-state index contributed by atoms with van der Waals surface area (Å²) in [5.74, 6) is 0.537. The average Bonchev–Trinajstić information content (AvgIpc) is 3.18. The average molecular weight is 361 g/mol. The molecule has 25 heavy (non-hydrogen) atoms. The second-order valence-corrected chi connectivity index (χ2v) is 8.18. The molecule has 0 unspecified atom stereocenters. The summed E-state index contributed by atoms with van der Waals surface area (Å²) in [5, 5.41) is 11.6. The maximum atomic E-state index is 13.5. The molecule has 132 valence electrons. The van der Waals surface area contributed by atoms with Gasteiger partial charge in [0.25, 0.3) is 0 Å². The summed E-state index contributed by atoms with van der Waals surface area (Å²) >= 11 is 5.91. The Balaban J connectivity index is 1.46. The molecule has 0 radical (unpaired) electrons. The summed E-state index contributed by atoms with van der Waals surface area (Å²) in [7, 11) is 0. The van der Waals surface area contributed by atoms with Crippen LogP contribution in [0.2, 0.25) is 5.02 Å². The molecule has 0 aromatic heterocycles. The molecule has 0 aliphatic heterocycles. The fraction of sp³-hybridized carbons (Fsp3) is 0.429. The minimum Gasteiger partial charge on any atom is -0.493 e. The van der Waals surface area contributed by atoms with Crippen molar-refractivity contribution < 1.29 is 14.2 Å². The highest BCUT2D eigenvalue weighted by Gasteiger charge is 2.57. The monoisotopic (exact) mass is 360 g/mol. The van der Waals surface area contributed by atoms with E-state index in [4.69, 9.17) is 16.3 Å². The Morgan fingerprint density at radius 3 is 2.48 bits per heavy atom. The van der Waals surface area contributed by atoms with Crippen LogP contribution in [0.5, 0.6) is 5.75 Å². The van der Waals surface area contributed by atoms with Crippen molar-refractivity contribution in [1.82, 2.24) is 0 Å². The van der Waals surface area contributed by atoms with Crippen molar-refractivity contribution >= 4 is 11.6 Å². The van der Waals surface area contributed by atoms with E-state index in [0.29, 0.717) is 17.2 Å². The summed E-state index contributed by atoms with van der Waals surface area (Å²) < 4.78 is 19.5. The van der Waals surface area contributed by atoms with Gasteiger partial charge in [-0.05, 0) is 74.1 Å². The Bertz CT molecular complexity index is 751. The van der Waals surface area contributed by atoms with E-state index < -0.39 is 6.10 Å². The SMILES string of the molecule is O[C@H](c1cccc(F)c1)C12CCC(COc3ccc(Cl)cc3)(CC1)C2. The fourth-order valence-corrected chi connectivity index (χ4v) is 4.87. The molecule has 4 rings (SSSR count). The van der Waals surface area contributed by atoms with Gasteiger partial charge in [-0.1, -0.05) is 23.7 Å². The van der Waals surface area contributed by atoms with Crippen LogP contribution < -0.4 is 4.74 Å². The van der Waals surface area contributed by atoms with Gasteiger partial charge in [-0.15, -0.1) is 0 Å². The lowest BCUT2D eigenvalue weighted by Crippen LogP contribution is -2.24. The van der Waals surface area contributed by atoms with Gasteiger partial charge >= 0.3 is 0 Å². The summed E-state index contributed by atoms with van der Waals surface area (Å²) in [6, 6.07) is 13.8. The van der Waals surface area contributed by atoms with Gasteiger partial charge < -0.3 is 9.84 Å². The lowest BCUT2D eigenvalue weighted by atomic mass is 9.76. The van der Waals surface area contributed by atoms with E-state index >= 15 is 0 Å². The van der Waals surface area contributed by atoms with Crippen LogP contribution in [0.4, 0.5) is 4.39 Å². The molecule has 2 fully saturated rings. The highest BCUT2D eigenvalue weighted by molar-refractivity contribution is 6.30. The normalized spacial score (nSPS) is 28.9. The van der Waals surface area contributed by atoms with Gasteiger partial charge in [0.15, 0.2) is 0 Å². The molecule has 1 atom stereocenters. The number of hydrogen-bond donors (Lipinski definition) is 1. The Morgan fingerprint density at radius 1 is 1.08 bits per heavy atom. The molecule has 2 nitrogen and oxygen atoms in total. The van der Waals surface area contributed by atoms with E-state index in [9.17, 15) is 9.50 Å². The first-order valence-electron chi connectivity index (χ1n) is 8.82. The van der Waals surface area contributed by atoms with Gasteiger partial charge in [-0.3, -0.25) is 0 Å². The van der Waals surface area contributed by atoms with Crippen molar-refractivity contribution in [3.8, 4) is 5.75 Å². The molecule has 4 heteroatoms. The topological polar surface area (TPSA) is 29.5 Å². The predicted molar refractivity (Wildman–Crippen MR) is 96.3 cm³/mol. The van der Waals surface area contributed by atoms with Crippen LogP contribution in [0.3, 0.4) is 0 Å². The third-order valence-corrected chi connectivity index (χ3v) is 6.39. The van der Waals surface area contributed by atoms with Gasteiger partial charge in [0.2, 0.25) is 0 Å². The number of aliphatic hydroxyl groups excluding tert-OH is 1. The highest BCUT2D eigenvalue weighted by Crippen LogP contribution is 2.65. The van der Waals surface area contributed by atoms with Crippen LogP contribution in [-0.4, -0.2) is 11.7 Å². The van der Waals surface area contributed by atoms with Crippen LogP contribution >= 0.6 is 11.6 Å². The standard InChI is InChI=1S/C21H22ClFO2/c22-16-4-6-18(7-5-16)25-14-20-8-10-21(13-20,11-9-20)19(24)15-2-1-3-17(23)12-15/h1-7,12,19,24H,8-11,13-14H2/t19-,20?,21?/m1/s1. The van der Waals surface area contributed by atoms with Crippen molar-refractivity contribution in [3.63, 3.8) is 0 Å². The molecule has 2 aromatic rings. The van der Waals surface area contributed by atoms with Gasteiger partial charge in [0, 0.05) is 15.9 Å². The molecular formula is C21H22ClFO2. The van der Waals surface area contributed by atoms with Crippen molar-refractivity contribution in [3.05, 3.63) is 64.9 Å². The molecular weight excluding hydrogens is 339 g/mol. The second-order valence-electron chi connectivity index (χ2n) is 7.74. The zero-order valence-electron chi connectivity index (χ0n) is 14.1. The van der Waals surface area contributed by atoms with E-state index in [1.165, 1.54) is 12.1 Å². The van der Waals surface area contributed by atoms with E-state index in [2.05, 4.69) is 0 Å². The van der Waals surface area contributed by atoms with Gasteiger partial charge in [-0.2, -0.15) is 0 Å². The molecule has 0 spiro atoms. The van der Waals surface area contributed by atoms with Crippen LogP contribution in [0, 0.1) is 16.6 Å². The quantitative estimate of drug-likeness (QED) is 0.758.